The van der Waals surface area contributed by atoms with E-state index in [9.17, 15) is 0 Å². The van der Waals surface area contributed by atoms with Crippen LogP contribution in [0.3, 0.4) is 0 Å². The average Bonchev–Trinajstić information content (AvgIpc) is 2.72. The van der Waals surface area contributed by atoms with E-state index in [4.69, 9.17) is 11.6 Å². The van der Waals surface area contributed by atoms with Crippen molar-refractivity contribution in [2.24, 2.45) is 0 Å². The van der Waals surface area contributed by atoms with Gasteiger partial charge in [-0.3, -0.25) is 0 Å². The Morgan fingerprint density at radius 1 is 0.710 bits per heavy atom. The lowest BCUT2D eigenvalue weighted by molar-refractivity contribution is 0.571. The van der Waals surface area contributed by atoms with Crippen molar-refractivity contribution >= 4 is 17.3 Å². The van der Waals surface area contributed by atoms with Crippen LogP contribution < -0.4 is 4.90 Å². The molecule has 0 N–H and O–H groups in total. The van der Waals surface area contributed by atoms with Gasteiger partial charge in [0, 0.05) is 18.4 Å². The van der Waals surface area contributed by atoms with Crippen molar-refractivity contribution in [3.63, 3.8) is 0 Å². The third-order valence-electron chi connectivity index (χ3n) is 6.60. The summed E-state index contributed by atoms with van der Waals surface area (Å²) in [6, 6.07) is 13.5. The van der Waals surface area contributed by atoms with Gasteiger partial charge < -0.3 is 4.90 Å². The SMILES string of the molecule is CC(C)c1cccc(C(C)C)c1N1C=CCC(Cl)(c2c(C(C)C)cccc2C(C)C)C1. The predicted octanol–water partition coefficient (Wildman–Crippen LogP) is 9.04. The summed E-state index contributed by atoms with van der Waals surface area (Å²) in [6.07, 6.45) is 5.40. The lowest BCUT2D eigenvalue weighted by Gasteiger charge is -2.41. The normalized spacial score (nSPS) is 19.3. The maximum absolute atomic E-state index is 7.61. The van der Waals surface area contributed by atoms with Gasteiger partial charge in [0.05, 0.1) is 4.87 Å². The van der Waals surface area contributed by atoms with Gasteiger partial charge in [0.15, 0.2) is 0 Å². The Labute approximate surface area is 195 Å². The highest BCUT2D eigenvalue weighted by atomic mass is 35.5. The monoisotopic (exact) mass is 437 g/mol. The first-order valence-corrected chi connectivity index (χ1v) is 12.3. The second-order valence-corrected chi connectivity index (χ2v) is 11.1. The Morgan fingerprint density at radius 2 is 1.13 bits per heavy atom. The molecule has 0 saturated carbocycles. The maximum atomic E-state index is 7.61. The van der Waals surface area contributed by atoms with E-state index < -0.39 is 4.87 Å². The molecule has 168 valence electrons. The molecule has 0 saturated heterocycles. The van der Waals surface area contributed by atoms with Gasteiger partial charge in [0.2, 0.25) is 0 Å². The fourth-order valence-electron chi connectivity index (χ4n) is 5.00. The molecule has 0 aromatic heterocycles. The third-order valence-corrected chi connectivity index (χ3v) is 7.06. The van der Waals surface area contributed by atoms with Gasteiger partial charge in [-0.2, -0.15) is 0 Å². The van der Waals surface area contributed by atoms with Crippen molar-refractivity contribution in [2.45, 2.75) is 90.4 Å². The lowest BCUT2D eigenvalue weighted by atomic mass is 9.79. The Balaban J connectivity index is 2.17. The highest BCUT2D eigenvalue weighted by molar-refractivity contribution is 6.25. The zero-order valence-corrected chi connectivity index (χ0v) is 21.4. The minimum Gasteiger partial charge on any atom is -0.346 e. The van der Waals surface area contributed by atoms with Crippen molar-refractivity contribution in [3.05, 3.63) is 76.5 Å². The Hall–Kier alpha value is -1.73. The predicted molar refractivity (Wildman–Crippen MR) is 138 cm³/mol. The molecule has 1 heterocycles. The summed E-state index contributed by atoms with van der Waals surface area (Å²) in [6.45, 7) is 19.1. The van der Waals surface area contributed by atoms with Gasteiger partial charge in [-0.25, -0.2) is 0 Å². The lowest BCUT2D eigenvalue weighted by Crippen LogP contribution is -2.39. The number of nitrogens with zero attached hydrogens (tertiary/aromatic N) is 1. The second kappa shape index (κ2) is 9.41. The van der Waals surface area contributed by atoms with Crippen LogP contribution in [0.15, 0.2) is 48.7 Å². The van der Waals surface area contributed by atoms with E-state index in [0.29, 0.717) is 23.7 Å². The molecular formula is C29H40ClN. The quantitative estimate of drug-likeness (QED) is 0.407. The summed E-state index contributed by atoms with van der Waals surface area (Å²) in [5.74, 6) is 1.81. The molecule has 2 aromatic carbocycles. The number of benzene rings is 2. The number of alkyl halides is 1. The smallest absolute Gasteiger partial charge is 0.0913 e. The number of hydrogen-bond donors (Lipinski definition) is 0. The van der Waals surface area contributed by atoms with Crippen LogP contribution in [0.5, 0.6) is 0 Å². The van der Waals surface area contributed by atoms with E-state index in [0.717, 1.165) is 13.0 Å². The van der Waals surface area contributed by atoms with Crippen LogP contribution in [0, 0.1) is 0 Å². The van der Waals surface area contributed by atoms with Crippen LogP contribution >= 0.6 is 11.6 Å². The van der Waals surface area contributed by atoms with E-state index in [1.807, 2.05) is 0 Å². The Morgan fingerprint density at radius 3 is 1.55 bits per heavy atom. The van der Waals surface area contributed by atoms with Gasteiger partial charge in [0.25, 0.3) is 0 Å². The minimum atomic E-state index is -0.437. The number of allylic oxidation sites excluding steroid dienone is 1. The second-order valence-electron chi connectivity index (χ2n) is 10.4. The number of halogens is 1. The molecular weight excluding hydrogens is 398 g/mol. The van der Waals surface area contributed by atoms with Crippen LogP contribution in [-0.2, 0) is 4.87 Å². The standard InChI is InChI=1S/C29H40ClN/c1-19(2)23-12-9-13-24(20(3)4)27(23)29(30)16-11-17-31(18-29)28-25(21(5)6)14-10-15-26(28)22(7)8/h9-15,17,19-22H,16,18H2,1-8H3. The average molecular weight is 438 g/mol. The molecule has 2 heteroatoms. The highest BCUT2D eigenvalue weighted by Gasteiger charge is 2.38. The van der Waals surface area contributed by atoms with Crippen molar-refractivity contribution in [2.75, 3.05) is 11.4 Å². The number of rotatable bonds is 6. The summed E-state index contributed by atoms with van der Waals surface area (Å²) < 4.78 is 0. The molecule has 1 unspecified atom stereocenters. The van der Waals surface area contributed by atoms with Gasteiger partial charge >= 0.3 is 0 Å². The fourth-order valence-corrected chi connectivity index (χ4v) is 5.44. The van der Waals surface area contributed by atoms with Crippen molar-refractivity contribution in [1.82, 2.24) is 0 Å². The van der Waals surface area contributed by atoms with Gasteiger partial charge in [-0.1, -0.05) is 97.9 Å². The first-order valence-electron chi connectivity index (χ1n) is 11.9. The van der Waals surface area contributed by atoms with Crippen molar-refractivity contribution < 1.29 is 0 Å². The first kappa shape index (κ1) is 23.9. The summed E-state index contributed by atoms with van der Waals surface area (Å²) in [4.78, 5) is 2.00. The molecule has 2 aromatic rings. The molecule has 0 radical (unpaired) electrons. The molecule has 31 heavy (non-hydrogen) atoms. The molecule has 1 atom stereocenters. The topological polar surface area (TPSA) is 3.24 Å². The van der Waals surface area contributed by atoms with E-state index in [2.05, 4.69) is 109 Å². The fraction of sp³-hybridized carbons (Fsp3) is 0.517. The molecule has 0 aliphatic carbocycles. The molecule has 3 rings (SSSR count). The zero-order valence-electron chi connectivity index (χ0n) is 20.7. The van der Waals surface area contributed by atoms with E-state index >= 15 is 0 Å². The van der Waals surface area contributed by atoms with Crippen LogP contribution in [-0.4, -0.2) is 6.54 Å². The number of hydrogen-bond acceptors (Lipinski definition) is 1. The van der Waals surface area contributed by atoms with Crippen molar-refractivity contribution in [1.29, 1.82) is 0 Å². The van der Waals surface area contributed by atoms with E-state index in [-0.39, 0.29) is 0 Å². The zero-order chi connectivity index (χ0) is 22.9. The Bertz CT molecular complexity index is 885. The van der Waals surface area contributed by atoms with Crippen LogP contribution in [0.1, 0.15) is 113 Å². The molecule has 1 nitrogen and oxygen atoms in total. The number of anilines is 1. The van der Waals surface area contributed by atoms with Crippen LogP contribution in [0.2, 0.25) is 0 Å². The molecule has 0 amide bonds. The van der Waals surface area contributed by atoms with Crippen molar-refractivity contribution in [3.8, 4) is 0 Å². The molecule has 1 aliphatic heterocycles. The highest BCUT2D eigenvalue weighted by Crippen LogP contribution is 2.46. The number of para-hydroxylation sites is 1. The molecule has 0 fully saturated rings. The summed E-state index contributed by atoms with van der Waals surface area (Å²) in [5.41, 5.74) is 8.28. The third kappa shape index (κ3) is 4.72. The summed E-state index contributed by atoms with van der Waals surface area (Å²) >= 11 is 7.61. The van der Waals surface area contributed by atoms with Crippen LogP contribution in [0.25, 0.3) is 0 Å². The van der Waals surface area contributed by atoms with E-state index in [1.54, 1.807) is 0 Å². The maximum Gasteiger partial charge on any atom is 0.0913 e. The van der Waals surface area contributed by atoms with Gasteiger partial charge in [0.1, 0.15) is 0 Å². The first-order chi connectivity index (χ1) is 14.6. The van der Waals surface area contributed by atoms with Crippen LogP contribution in [0.4, 0.5) is 5.69 Å². The Kier molecular flexibility index (Phi) is 7.26. The molecule has 1 aliphatic rings. The molecule has 0 bridgehead atoms. The molecule has 0 spiro atoms. The summed E-state index contributed by atoms with van der Waals surface area (Å²) in [5, 5.41) is 0. The minimum absolute atomic E-state index is 0.437. The largest absolute Gasteiger partial charge is 0.346 e. The summed E-state index contributed by atoms with van der Waals surface area (Å²) in [7, 11) is 0. The van der Waals surface area contributed by atoms with E-state index in [1.165, 1.54) is 33.5 Å². The van der Waals surface area contributed by atoms with Gasteiger partial charge in [-0.15, -0.1) is 11.6 Å². The van der Waals surface area contributed by atoms with Gasteiger partial charge in [-0.05, 0) is 57.9 Å².